The molecule has 0 spiro atoms. The summed E-state index contributed by atoms with van der Waals surface area (Å²) in [5.41, 5.74) is 7.65. The summed E-state index contributed by atoms with van der Waals surface area (Å²) in [6.45, 7) is 4.14. The Balaban J connectivity index is 2.60. The van der Waals surface area contributed by atoms with Crippen molar-refractivity contribution in [3.63, 3.8) is 0 Å². The van der Waals surface area contributed by atoms with Gasteiger partial charge < -0.3 is 5.73 Å². The zero-order valence-electron chi connectivity index (χ0n) is 10.1. The zero-order chi connectivity index (χ0) is 13.1. The monoisotopic (exact) mass is 245 g/mol. The van der Waals surface area contributed by atoms with Crippen LogP contribution in [0.4, 0.5) is 13.2 Å². The highest BCUT2D eigenvalue weighted by atomic mass is 19.4. The maximum Gasteiger partial charge on any atom is 0.389 e. The molecule has 96 valence electrons. The molecule has 2 N–H and O–H groups in total. The minimum atomic E-state index is -4.13. The molecule has 1 nitrogen and oxygen atoms in total. The average molecular weight is 245 g/mol. The van der Waals surface area contributed by atoms with E-state index in [1.165, 1.54) is 0 Å². The summed E-state index contributed by atoms with van der Waals surface area (Å²) in [6.07, 6.45) is -5.03. The van der Waals surface area contributed by atoms with Crippen LogP contribution in [0.2, 0.25) is 0 Å². The van der Waals surface area contributed by atoms with E-state index in [0.29, 0.717) is 5.92 Å². The minimum absolute atomic E-state index is 0.0650. The van der Waals surface area contributed by atoms with Crippen molar-refractivity contribution in [2.24, 2.45) is 5.73 Å². The van der Waals surface area contributed by atoms with Gasteiger partial charge in [-0.3, -0.25) is 0 Å². The highest BCUT2D eigenvalue weighted by Gasteiger charge is 2.27. The topological polar surface area (TPSA) is 26.0 Å². The molecule has 1 rings (SSSR count). The largest absolute Gasteiger partial charge is 0.389 e. The van der Waals surface area contributed by atoms with Crippen LogP contribution < -0.4 is 5.73 Å². The van der Waals surface area contributed by atoms with Crippen LogP contribution in [0.5, 0.6) is 0 Å². The molecule has 0 aromatic heterocycles. The van der Waals surface area contributed by atoms with Gasteiger partial charge in [0.2, 0.25) is 0 Å². The third-order valence-electron chi connectivity index (χ3n) is 2.77. The maximum atomic E-state index is 12.0. The first-order valence-electron chi connectivity index (χ1n) is 5.72. The Morgan fingerprint density at radius 3 is 1.94 bits per heavy atom. The molecule has 1 aromatic carbocycles. The highest BCUT2D eigenvalue weighted by Crippen LogP contribution is 2.27. The van der Waals surface area contributed by atoms with Gasteiger partial charge in [0.15, 0.2) is 0 Å². The molecule has 17 heavy (non-hydrogen) atoms. The lowest BCUT2D eigenvalue weighted by atomic mass is 9.97. The van der Waals surface area contributed by atoms with E-state index >= 15 is 0 Å². The summed E-state index contributed by atoms with van der Waals surface area (Å²) < 4.78 is 36.1. The normalized spacial score (nSPS) is 14.1. The van der Waals surface area contributed by atoms with Crippen molar-refractivity contribution in [1.29, 1.82) is 0 Å². The van der Waals surface area contributed by atoms with Gasteiger partial charge in [-0.05, 0) is 23.5 Å². The van der Waals surface area contributed by atoms with Crippen LogP contribution in [0.25, 0.3) is 0 Å². The lowest BCUT2D eigenvalue weighted by molar-refractivity contribution is -0.136. The first kappa shape index (κ1) is 14.0. The molecule has 0 saturated carbocycles. The molecule has 4 heteroatoms. The lowest BCUT2D eigenvalue weighted by Crippen LogP contribution is -2.15. The van der Waals surface area contributed by atoms with Crippen molar-refractivity contribution in [2.45, 2.75) is 44.8 Å². The molecule has 0 aliphatic rings. The van der Waals surface area contributed by atoms with Gasteiger partial charge in [-0.1, -0.05) is 38.1 Å². The quantitative estimate of drug-likeness (QED) is 0.847. The van der Waals surface area contributed by atoms with Crippen LogP contribution in [0.15, 0.2) is 24.3 Å². The molecule has 0 saturated heterocycles. The number of nitrogens with two attached hydrogens (primary N) is 1. The summed E-state index contributed by atoms with van der Waals surface area (Å²) in [5.74, 6) is 0.412. The van der Waals surface area contributed by atoms with Crippen LogP contribution in [0, 0.1) is 0 Å². The van der Waals surface area contributed by atoms with E-state index < -0.39 is 18.6 Å². The second-order valence-corrected chi connectivity index (χ2v) is 4.58. The highest BCUT2D eigenvalue weighted by molar-refractivity contribution is 5.26. The molecule has 0 aliphatic heterocycles. The molecule has 0 heterocycles. The molecule has 1 atom stereocenters. The van der Waals surface area contributed by atoms with Crippen molar-refractivity contribution in [3.8, 4) is 0 Å². The van der Waals surface area contributed by atoms with Gasteiger partial charge in [0, 0.05) is 12.5 Å². The van der Waals surface area contributed by atoms with Crippen LogP contribution in [0.3, 0.4) is 0 Å². The molecular formula is C13H18F3N. The second kappa shape index (κ2) is 5.54. The van der Waals surface area contributed by atoms with E-state index in [4.69, 9.17) is 5.73 Å². The Kier molecular flexibility index (Phi) is 4.57. The second-order valence-electron chi connectivity index (χ2n) is 4.58. The number of hydrogen-bond acceptors (Lipinski definition) is 1. The third-order valence-corrected chi connectivity index (χ3v) is 2.77. The first-order valence-corrected chi connectivity index (χ1v) is 5.72. The van der Waals surface area contributed by atoms with E-state index in [1.54, 1.807) is 0 Å². The fourth-order valence-electron chi connectivity index (χ4n) is 1.61. The van der Waals surface area contributed by atoms with Gasteiger partial charge in [0.1, 0.15) is 0 Å². The van der Waals surface area contributed by atoms with Gasteiger partial charge in [0.05, 0.1) is 0 Å². The van der Waals surface area contributed by atoms with E-state index in [9.17, 15) is 13.2 Å². The van der Waals surface area contributed by atoms with Crippen molar-refractivity contribution < 1.29 is 13.2 Å². The van der Waals surface area contributed by atoms with Crippen molar-refractivity contribution in [1.82, 2.24) is 0 Å². The Morgan fingerprint density at radius 2 is 1.53 bits per heavy atom. The van der Waals surface area contributed by atoms with Crippen molar-refractivity contribution >= 4 is 0 Å². The van der Waals surface area contributed by atoms with Gasteiger partial charge in [-0.15, -0.1) is 0 Å². The van der Waals surface area contributed by atoms with E-state index in [1.807, 2.05) is 24.3 Å². The molecule has 0 fully saturated rings. The summed E-state index contributed by atoms with van der Waals surface area (Å²) in [5, 5.41) is 0. The predicted molar refractivity (Wildman–Crippen MR) is 62.7 cm³/mol. The lowest BCUT2D eigenvalue weighted by Gasteiger charge is -2.14. The fraction of sp³-hybridized carbons (Fsp3) is 0.538. The summed E-state index contributed by atoms with van der Waals surface area (Å²) >= 11 is 0. The Morgan fingerprint density at radius 1 is 1.06 bits per heavy atom. The standard InChI is InChI=1S/C13H18F3N/c1-9(2)10-3-5-11(6-4-10)12(17)7-8-13(14,15)16/h3-6,9,12H,7-8,17H2,1-2H3/t12-/m0/s1. The Bertz CT molecular complexity index is 341. The number of hydrogen-bond donors (Lipinski definition) is 1. The van der Waals surface area contributed by atoms with Crippen LogP contribution >= 0.6 is 0 Å². The molecular weight excluding hydrogens is 227 g/mol. The van der Waals surface area contributed by atoms with Crippen LogP contribution in [-0.2, 0) is 0 Å². The zero-order valence-corrected chi connectivity index (χ0v) is 10.1. The molecule has 0 aliphatic carbocycles. The molecule has 0 bridgehead atoms. The van der Waals surface area contributed by atoms with Crippen LogP contribution in [0.1, 0.15) is 49.8 Å². The van der Waals surface area contributed by atoms with Crippen LogP contribution in [-0.4, -0.2) is 6.18 Å². The van der Waals surface area contributed by atoms with E-state index in [2.05, 4.69) is 13.8 Å². The number of alkyl halides is 3. The van der Waals surface area contributed by atoms with E-state index in [-0.39, 0.29) is 6.42 Å². The van der Waals surface area contributed by atoms with Gasteiger partial charge in [-0.25, -0.2) is 0 Å². The predicted octanol–water partition coefficient (Wildman–Crippen LogP) is 4.15. The molecule has 0 unspecified atom stereocenters. The summed E-state index contributed by atoms with van der Waals surface area (Å²) in [7, 11) is 0. The Hall–Kier alpha value is -1.03. The number of halogens is 3. The van der Waals surface area contributed by atoms with Crippen molar-refractivity contribution in [3.05, 3.63) is 35.4 Å². The van der Waals surface area contributed by atoms with E-state index in [0.717, 1.165) is 11.1 Å². The van der Waals surface area contributed by atoms with Gasteiger partial charge >= 0.3 is 6.18 Å². The van der Waals surface area contributed by atoms with Gasteiger partial charge in [0.25, 0.3) is 0 Å². The Labute approximate surface area is 99.8 Å². The number of rotatable bonds is 4. The average Bonchev–Trinajstić information content (AvgIpc) is 2.25. The first-order chi connectivity index (χ1) is 7.79. The minimum Gasteiger partial charge on any atom is -0.324 e. The van der Waals surface area contributed by atoms with Crippen molar-refractivity contribution in [2.75, 3.05) is 0 Å². The smallest absolute Gasteiger partial charge is 0.324 e. The van der Waals surface area contributed by atoms with Gasteiger partial charge in [-0.2, -0.15) is 13.2 Å². The summed E-state index contributed by atoms with van der Waals surface area (Å²) in [6, 6.07) is 6.94. The molecule has 0 radical (unpaired) electrons. The third kappa shape index (κ3) is 4.77. The summed E-state index contributed by atoms with van der Waals surface area (Å²) in [4.78, 5) is 0. The SMILES string of the molecule is CC(C)c1ccc([C@@H](N)CCC(F)(F)F)cc1. The maximum absolute atomic E-state index is 12.0. The molecule has 1 aromatic rings. The molecule has 0 amide bonds. The fourth-order valence-corrected chi connectivity index (χ4v) is 1.61. The number of benzene rings is 1.